The second-order valence-corrected chi connectivity index (χ2v) is 7.87. The van der Waals surface area contributed by atoms with Crippen LogP contribution >= 0.6 is 0 Å². The quantitative estimate of drug-likeness (QED) is 0.550. The smallest absolute Gasteiger partial charge is 0.242 e. The molecule has 2 heterocycles. The van der Waals surface area contributed by atoms with E-state index in [1.54, 1.807) is 11.8 Å². The number of hydrogen-bond acceptors (Lipinski definition) is 3. The van der Waals surface area contributed by atoms with Crippen LogP contribution in [0.4, 0.5) is 5.69 Å². The molecule has 1 saturated heterocycles. The van der Waals surface area contributed by atoms with Crippen LogP contribution in [0.1, 0.15) is 18.9 Å². The summed E-state index contributed by atoms with van der Waals surface area (Å²) >= 11 is 0. The molecular formula is C24H26N4O3. The van der Waals surface area contributed by atoms with Gasteiger partial charge in [0.15, 0.2) is 0 Å². The molecule has 1 aliphatic heterocycles. The fraction of sp³-hybridized carbons (Fsp3) is 0.292. The van der Waals surface area contributed by atoms with Crippen LogP contribution < -0.4 is 15.5 Å². The minimum absolute atomic E-state index is 0.0813. The van der Waals surface area contributed by atoms with Gasteiger partial charge in [-0.2, -0.15) is 0 Å². The number of nitrogens with zero attached hydrogens (tertiary/aromatic N) is 1. The highest BCUT2D eigenvalue weighted by Gasteiger charge is 2.35. The van der Waals surface area contributed by atoms with Gasteiger partial charge in [-0.25, -0.2) is 0 Å². The Bertz CT molecular complexity index is 1090. The van der Waals surface area contributed by atoms with Crippen molar-refractivity contribution in [3.05, 3.63) is 66.4 Å². The molecule has 3 aromatic rings. The maximum atomic E-state index is 12.6. The van der Waals surface area contributed by atoms with E-state index in [-0.39, 0.29) is 24.1 Å². The van der Waals surface area contributed by atoms with Crippen LogP contribution in [0.5, 0.6) is 0 Å². The van der Waals surface area contributed by atoms with Crippen molar-refractivity contribution in [1.29, 1.82) is 0 Å². The first-order valence-corrected chi connectivity index (χ1v) is 10.5. The summed E-state index contributed by atoms with van der Waals surface area (Å²) in [5.74, 6) is -1.06. The lowest BCUT2D eigenvalue weighted by Crippen LogP contribution is -2.47. The second-order valence-electron chi connectivity index (χ2n) is 7.87. The lowest BCUT2D eigenvalue weighted by Gasteiger charge is -2.18. The van der Waals surface area contributed by atoms with Crippen molar-refractivity contribution in [2.45, 2.75) is 25.8 Å². The molecule has 1 aromatic heterocycles. The number of nitrogens with one attached hydrogen (secondary N) is 3. The van der Waals surface area contributed by atoms with Crippen molar-refractivity contribution in [3.63, 3.8) is 0 Å². The number of aromatic nitrogens is 1. The highest BCUT2D eigenvalue weighted by atomic mass is 16.2. The second kappa shape index (κ2) is 9.04. The monoisotopic (exact) mass is 418 g/mol. The van der Waals surface area contributed by atoms with Crippen molar-refractivity contribution in [2.24, 2.45) is 5.92 Å². The predicted molar refractivity (Wildman–Crippen MR) is 120 cm³/mol. The number of hydrogen-bond donors (Lipinski definition) is 3. The minimum atomic E-state index is -0.670. The van der Waals surface area contributed by atoms with Gasteiger partial charge in [-0.15, -0.1) is 0 Å². The van der Waals surface area contributed by atoms with E-state index in [4.69, 9.17) is 0 Å². The molecule has 2 aromatic carbocycles. The minimum Gasteiger partial charge on any atom is -0.361 e. The van der Waals surface area contributed by atoms with Crippen LogP contribution in [0.25, 0.3) is 10.9 Å². The average molecular weight is 418 g/mol. The average Bonchev–Trinajstić information content (AvgIpc) is 3.38. The predicted octanol–water partition coefficient (Wildman–Crippen LogP) is 2.38. The molecule has 160 valence electrons. The molecule has 4 rings (SSSR count). The first kappa shape index (κ1) is 20.7. The third-order valence-electron chi connectivity index (χ3n) is 5.68. The lowest BCUT2D eigenvalue weighted by atomic mass is 10.1. The first-order valence-electron chi connectivity index (χ1n) is 10.5. The molecule has 7 nitrogen and oxygen atoms in total. The summed E-state index contributed by atoms with van der Waals surface area (Å²) in [6.07, 6.45) is 2.80. The molecule has 1 aliphatic rings. The number of anilines is 1. The standard InChI is InChI=1S/C24H26N4O3/c1-16(23(30)25-12-11-17-14-26-21-10-6-5-9-20(17)21)27-24(31)18-13-22(29)28(15-18)19-7-3-2-4-8-19/h2-10,14,16,18,26H,11-13,15H2,1H3,(H,25,30)(H,27,31)/t16-,18-/m0/s1. The summed E-state index contributed by atoms with van der Waals surface area (Å²) in [5, 5.41) is 6.78. The third kappa shape index (κ3) is 4.60. The zero-order valence-electron chi connectivity index (χ0n) is 17.4. The molecule has 1 fully saturated rings. The van der Waals surface area contributed by atoms with Crippen molar-refractivity contribution in [3.8, 4) is 0 Å². The van der Waals surface area contributed by atoms with Crippen LogP contribution in [-0.2, 0) is 20.8 Å². The zero-order chi connectivity index (χ0) is 21.8. The van der Waals surface area contributed by atoms with Crippen LogP contribution in [0.15, 0.2) is 60.8 Å². The van der Waals surface area contributed by atoms with Crippen LogP contribution in [0.2, 0.25) is 0 Å². The van der Waals surface area contributed by atoms with E-state index in [1.165, 1.54) is 0 Å². The summed E-state index contributed by atoms with van der Waals surface area (Å²) in [6, 6.07) is 16.7. The van der Waals surface area contributed by atoms with Crippen LogP contribution in [0, 0.1) is 5.92 Å². The summed E-state index contributed by atoms with van der Waals surface area (Å²) in [5.41, 5.74) is 2.99. The van der Waals surface area contributed by atoms with E-state index in [1.807, 2.05) is 60.8 Å². The molecule has 0 radical (unpaired) electrons. The Labute approximate surface area is 180 Å². The Balaban J connectivity index is 1.26. The Morgan fingerprint density at radius 3 is 2.68 bits per heavy atom. The largest absolute Gasteiger partial charge is 0.361 e. The molecule has 3 amide bonds. The molecule has 3 N–H and O–H groups in total. The summed E-state index contributed by atoms with van der Waals surface area (Å²) in [7, 11) is 0. The van der Waals surface area contributed by atoms with Crippen molar-refractivity contribution in [2.75, 3.05) is 18.0 Å². The number of para-hydroxylation sites is 2. The first-order chi connectivity index (χ1) is 15.0. The van der Waals surface area contributed by atoms with Gasteiger partial charge in [0.25, 0.3) is 0 Å². The maximum Gasteiger partial charge on any atom is 0.242 e. The van der Waals surface area contributed by atoms with Crippen molar-refractivity contribution in [1.82, 2.24) is 15.6 Å². The molecule has 0 saturated carbocycles. The summed E-state index contributed by atoms with van der Waals surface area (Å²) < 4.78 is 0. The van der Waals surface area contributed by atoms with Gasteiger partial charge in [0.2, 0.25) is 17.7 Å². The van der Waals surface area contributed by atoms with E-state index < -0.39 is 12.0 Å². The number of rotatable bonds is 7. The molecule has 7 heteroatoms. The Morgan fingerprint density at radius 1 is 1.13 bits per heavy atom. The molecule has 0 aliphatic carbocycles. The molecular weight excluding hydrogens is 392 g/mol. The van der Waals surface area contributed by atoms with Gasteiger partial charge < -0.3 is 20.5 Å². The van der Waals surface area contributed by atoms with E-state index in [0.29, 0.717) is 19.5 Å². The van der Waals surface area contributed by atoms with Gasteiger partial charge in [-0.3, -0.25) is 14.4 Å². The number of aromatic amines is 1. The SMILES string of the molecule is C[C@H](NC(=O)[C@H]1CC(=O)N(c2ccccc2)C1)C(=O)NCCc1c[nH]c2ccccc12. The van der Waals surface area contributed by atoms with Gasteiger partial charge in [0.1, 0.15) is 6.04 Å². The molecule has 31 heavy (non-hydrogen) atoms. The highest BCUT2D eigenvalue weighted by molar-refractivity contribution is 6.01. The molecule has 2 atom stereocenters. The Morgan fingerprint density at radius 2 is 1.87 bits per heavy atom. The Hall–Kier alpha value is -3.61. The zero-order valence-corrected chi connectivity index (χ0v) is 17.4. The number of carbonyl (C=O) groups is 3. The van der Waals surface area contributed by atoms with Crippen LogP contribution in [0.3, 0.4) is 0 Å². The third-order valence-corrected chi connectivity index (χ3v) is 5.68. The lowest BCUT2D eigenvalue weighted by molar-refractivity contribution is -0.130. The normalized spacial score (nSPS) is 17.0. The van der Waals surface area contributed by atoms with E-state index >= 15 is 0 Å². The van der Waals surface area contributed by atoms with Crippen molar-refractivity contribution < 1.29 is 14.4 Å². The molecule has 0 unspecified atom stereocenters. The number of carbonyl (C=O) groups excluding carboxylic acids is 3. The topological polar surface area (TPSA) is 94.3 Å². The van der Waals surface area contributed by atoms with E-state index in [2.05, 4.69) is 15.6 Å². The number of benzene rings is 2. The maximum absolute atomic E-state index is 12.6. The van der Waals surface area contributed by atoms with Crippen LogP contribution in [-0.4, -0.2) is 41.8 Å². The fourth-order valence-electron chi connectivity index (χ4n) is 3.95. The Kier molecular flexibility index (Phi) is 6.02. The van der Waals surface area contributed by atoms with Gasteiger partial charge in [0, 0.05) is 42.3 Å². The molecule has 0 spiro atoms. The van der Waals surface area contributed by atoms with Crippen molar-refractivity contribution >= 4 is 34.3 Å². The summed E-state index contributed by atoms with van der Waals surface area (Å²) in [4.78, 5) is 42.2. The van der Waals surface area contributed by atoms with Gasteiger partial charge >= 0.3 is 0 Å². The highest BCUT2D eigenvalue weighted by Crippen LogP contribution is 2.25. The van der Waals surface area contributed by atoms with E-state index in [0.717, 1.165) is 22.2 Å². The number of amides is 3. The van der Waals surface area contributed by atoms with Gasteiger partial charge in [0.05, 0.1) is 5.92 Å². The molecule has 0 bridgehead atoms. The number of H-pyrrole nitrogens is 1. The van der Waals surface area contributed by atoms with E-state index in [9.17, 15) is 14.4 Å². The number of fused-ring (bicyclic) bond motifs is 1. The summed E-state index contributed by atoms with van der Waals surface area (Å²) in [6.45, 7) is 2.46. The fourth-order valence-corrected chi connectivity index (χ4v) is 3.95. The van der Waals surface area contributed by atoms with Gasteiger partial charge in [-0.1, -0.05) is 36.4 Å². The van der Waals surface area contributed by atoms with Gasteiger partial charge in [-0.05, 0) is 37.1 Å².